The van der Waals surface area contributed by atoms with E-state index in [0.29, 0.717) is 24.4 Å². The number of benzene rings is 2. The Balaban J connectivity index is 1.16. The molecule has 188 valence electrons. The summed E-state index contributed by atoms with van der Waals surface area (Å²) in [6.45, 7) is 14.5. The molecule has 2 aromatic rings. The van der Waals surface area contributed by atoms with Crippen LogP contribution in [0.2, 0.25) is 0 Å². The van der Waals surface area contributed by atoms with Crippen LogP contribution < -0.4 is 8.97 Å². The fourth-order valence-electron chi connectivity index (χ4n) is 5.80. The van der Waals surface area contributed by atoms with E-state index >= 15 is 0 Å². The van der Waals surface area contributed by atoms with Crippen molar-refractivity contribution in [1.29, 1.82) is 0 Å². The molecule has 4 heterocycles. The SMILES string of the molecule is CC[N+](CC1CO1)(CC1CO1)c1ccc(Cc2ccc([N+](CC)(CC3CO3)CC3CO3)cc2)cc1. The normalized spacial score (nSPS) is 29.8. The molecule has 0 radical (unpaired) electrons. The van der Waals surface area contributed by atoms with E-state index in [9.17, 15) is 0 Å². The van der Waals surface area contributed by atoms with Crippen LogP contribution >= 0.6 is 0 Å². The molecule has 4 saturated heterocycles. The van der Waals surface area contributed by atoms with E-state index in [1.165, 1.54) is 22.5 Å². The van der Waals surface area contributed by atoms with Gasteiger partial charge in [-0.2, -0.15) is 0 Å². The maximum Gasteiger partial charge on any atom is 0.133 e. The van der Waals surface area contributed by atoms with Crippen LogP contribution in [0.5, 0.6) is 0 Å². The number of likely N-dealkylation sites (N-methyl/N-ethyl adjacent to an activating group) is 2. The fraction of sp³-hybridized carbons (Fsp3) is 0.586. The number of rotatable bonds is 14. The zero-order valence-corrected chi connectivity index (χ0v) is 21.2. The van der Waals surface area contributed by atoms with Crippen molar-refractivity contribution in [2.45, 2.75) is 44.7 Å². The van der Waals surface area contributed by atoms with E-state index in [2.05, 4.69) is 62.4 Å². The summed E-state index contributed by atoms with van der Waals surface area (Å²) in [6.07, 6.45) is 2.56. The van der Waals surface area contributed by atoms with Crippen molar-refractivity contribution in [1.82, 2.24) is 8.97 Å². The van der Waals surface area contributed by atoms with Crippen LogP contribution in [0, 0.1) is 0 Å². The van der Waals surface area contributed by atoms with Crippen LogP contribution in [0.3, 0.4) is 0 Å². The third kappa shape index (κ3) is 5.63. The lowest BCUT2D eigenvalue weighted by Crippen LogP contribution is -2.54. The zero-order valence-electron chi connectivity index (χ0n) is 21.2. The number of quaternary nitrogens is 2. The molecule has 6 rings (SSSR count). The van der Waals surface area contributed by atoms with Gasteiger partial charge in [-0.25, -0.2) is 0 Å². The van der Waals surface area contributed by atoms with Crippen LogP contribution in [0.4, 0.5) is 11.4 Å². The Bertz CT molecular complexity index is 883. The number of hydrogen-bond donors (Lipinski definition) is 0. The highest BCUT2D eigenvalue weighted by Crippen LogP contribution is 2.32. The van der Waals surface area contributed by atoms with Gasteiger partial charge in [0, 0.05) is 0 Å². The van der Waals surface area contributed by atoms with Crippen molar-refractivity contribution in [3.8, 4) is 0 Å². The first-order valence-corrected chi connectivity index (χ1v) is 13.5. The monoisotopic (exact) mass is 480 g/mol. The van der Waals surface area contributed by atoms with Gasteiger partial charge in [0.1, 0.15) is 62.0 Å². The number of nitrogens with zero attached hydrogens (tertiary/aromatic N) is 2. The summed E-state index contributed by atoms with van der Waals surface area (Å²) in [5.74, 6) is 0. The highest BCUT2D eigenvalue weighted by atomic mass is 16.6. The minimum absolute atomic E-state index is 0.401. The molecule has 0 bridgehead atoms. The van der Waals surface area contributed by atoms with Crippen LogP contribution in [0.1, 0.15) is 25.0 Å². The van der Waals surface area contributed by atoms with E-state index in [0.717, 1.165) is 81.1 Å². The summed E-state index contributed by atoms with van der Waals surface area (Å²) >= 11 is 0. The average molecular weight is 481 g/mol. The molecule has 35 heavy (non-hydrogen) atoms. The lowest BCUT2D eigenvalue weighted by Gasteiger charge is -2.37. The first kappa shape index (κ1) is 23.6. The quantitative estimate of drug-likeness (QED) is 0.307. The molecule has 0 aliphatic carbocycles. The molecule has 6 heteroatoms. The number of hydrogen-bond acceptors (Lipinski definition) is 4. The van der Waals surface area contributed by atoms with Gasteiger partial charge in [0.05, 0.1) is 39.5 Å². The molecule has 0 saturated carbocycles. The summed E-state index contributed by atoms with van der Waals surface area (Å²) in [5, 5.41) is 0. The summed E-state index contributed by atoms with van der Waals surface area (Å²) in [5.41, 5.74) is 5.48. The molecular weight excluding hydrogens is 440 g/mol. The van der Waals surface area contributed by atoms with Gasteiger partial charge >= 0.3 is 0 Å². The highest BCUT2D eigenvalue weighted by Gasteiger charge is 2.44. The van der Waals surface area contributed by atoms with Gasteiger partial charge in [0.25, 0.3) is 0 Å². The lowest BCUT2D eigenvalue weighted by molar-refractivity contribution is 0.228. The minimum Gasteiger partial charge on any atom is -0.367 e. The Morgan fingerprint density at radius 1 is 0.543 bits per heavy atom. The second-order valence-corrected chi connectivity index (χ2v) is 11.0. The molecule has 0 aromatic heterocycles. The van der Waals surface area contributed by atoms with Gasteiger partial charge in [-0.1, -0.05) is 24.3 Å². The summed E-state index contributed by atoms with van der Waals surface area (Å²) in [4.78, 5) is 0. The van der Waals surface area contributed by atoms with Gasteiger partial charge in [0.2, 0.25) is 0 Å². The Kier molecular flexibility index (Phi) is 6.46. The maximum atomic E-state index is 5.61. The van der Waals surface area contributed by atoms with Crippen molar-refractivity contribution in [2.75, 3.05) is 65.7 Å². The minimum atomic E-state index is 0.401. The molecule has 4 aliphatic heterocycles. The van der Waals surface area contributed by atoms with E-state index in [1.807, 2.05) is 0 Å². The Hall–Kier alpha value is -1.80. The smallest absolute Gasteiger partial charge is 0.133 e. The predicted octanol–water partition coefficient (Wildman–Crippen LogP) is 3.53. The predicted molar refractivity (Wildman–Crippen MR) is 139 cm³/mol. The van der Waals surface area contributed by atoms with E-state index in [4.69, 9.17) is 18.9 Å². The standard InChI is InChI=1S/C29H40N2O4/c1-3-30(14-26-18-32-26,15-27-19-33-27)24-9-5-22(6-10-24)13-23-7-11-25(12-8-23)31(4-2,16-28-20-34-28)17-29-21-35-29/h5-12,26-29H,3-4,13-21H2,1-2H3/q+2. The number of ether oxygens (including phenoxy) is 4. The van der Waals surface area contributed by atoms with Crippen LogP contribution in [-0.2, 0) is 25.4 Å². The first-order chi connectivity index (χ1) is 17.1. The molecule has 2 aromatic carbocycles. The molecule has 0 spiro atoms. The molecule has 0 N–H and O–H groups in total. The largest absolute Gasteiger partial charge is 0.367 e. The molecule has 4 atom stereocenters. The van der Waals surface area contributed by atoms with Gasteiger partial charge < -0.3 is 18.9 Å². The van der Waals surface area contributed by atoms with Crippen LogP contribution in [0.25, 0.3) is 0 Å². The summed E-state index contributed by atoms with van der Waals surface area (Å²) in [6, 6.07) is 18.6. The van der Waals surface area contributed by atoms with Crippen molar-refractivity contribution >= 4 is 11.4 Å². The third-order valence-electron chi connectivity index (χ3n) is 8.41. The van der Waals surface area contributed by atoms with Crippen molar-refractivity contribution < 1.29 is 18.9 Å². The van der Waals surface area contributed by atoms with Gasteiger partial charge in [0.15, 0.2) is 0 Å². The zero-order chi connectivity index (χ0) is 23.9. The molecule has 0 amide bonds. The Morgan fingerprint density at radius 3 is 1.06 bits per heavy atom. The fourth-order valence-corrected chi connectivity index (χ4v) is 5.80. The van der Waals surface area contributed by atoms with E-state index in [1.54, 1.807) is 0 Å². The first-order valence-electron chi connectivity index (χ1n) is 13.5. The van der Waals surface area contributed by atoms with Crippen molar-refractivity contribution in [2.24, 2.45) is 0 Å². The summed E-state index contributed by atoms with van der Waals surface area (Å²) < 4.78 is 24.4. The summed E-state index contributed by atoms with van der Waals surface area (Å²) in [7, 11) is 0. The molecular formula is C29H40N2O4+2. The highest BCUT2D eigenvalue weighted by molar-refractivity contribution is 5.48. The van der Waals surface area contributed by atoms with Crippen LogP contribution in [-0.4, -0.2) is 90.1 Å². The van der Waals surface area contributed by atoms with Gasteiger partial charge in [-0.05, 0) is 55.7 Å². The molecule has 4 fully saturated rings. The third-order valence-corrected chi connectivity index (χ3v) is 8.41. The maximum absolute atomic E-state index is 5.61. The lowest BCUT2D eigenvalue weighted by atomic mass is 10.0. The molecule has 4 unspecified atom stereocenters. The van der Waals surface area contributed by atoms with Crippen molar-refractivity contribution in [3.63, 3.8) is 0 Å². The number of epoxide rings is 4. The van der Waals surface area contributed by atoms with Gasteiger partial charge in [-0.15, -0.1) is 0 Å². The van der Waals surface area contributed by atoms with Crippen molar-refractivity contribution in [3.05, 3.63) is 59.7 Å². The average Bonchev–Trinajstić information content (AvgIpc) is 3.70. The Labute approximate surface area is 209 Å². The Morgan fingerprint density at radius 2 is 0.829 bits per heavy atom. The molecule has 4 aliphatic rings. The van der Waals surface area contributed by atoms with Crippen LogP contribution in [0.15, 0.2) is 48.5 Å². The topological polar surface area (TPSA) is 50.1 Å². The second-order valence-electron chi connectivity index (χ2n) is 11.0. The van der Waals surface area contributed by atoms with E-state index < -0.39 is 0 Å². The second kappa shape index (κ2) is 9.58. The van der Waals surface area contributed by atoms with E-state index in [-0.39, 0.29) is 0 Å². The molecule has 6 nitrogen and oxygen atoms in total. The van der Waals surface area contributed by atoms with Gasteiger partial charge in [-0.3, -0.25) is 8.97 Å².